The van der Waals surface area contributed by atoms with E-state index in [1.54, 1.807) is 0 Å². The van der Waals surface area contributed by atoms with Crippen molar-refractivity contribution in [3.63, 3.8) is 0 Å². The third-order valence-corrected chi connectivity index (χ3v) is 6.22. The topological polar surface area (TPSA) is 40.5 Å². The van der Waals surface area contributed by atoms with E-state index in [0.717, 1.165) is 24.3 Å². The van der Waals surface area contributed by atoms with E-state index in [0.29, 0.717) is 5.41 Å². The average molecular weight is 265 g/mol. The minimum Gasteiger partial charge on any atom is -0.480 e. The van der Waals surface area contributed by atoms with Crippen molar-refractivity contribution in [3.05, 3.63) is 0 Å². The van der Waals surface area contributed by atoms with Crippen LogP contribution in [0.5, 0.6) is 0 Å². The summed E-state index contributed by atoms with van der Waals surface area (Å²) in [7, 11) is 1.99. The number of rotatable bonds is 4. The molecule has 0 unspecified atom stereocenters. The van der Waals surface area contributed by atoms with Crippen LogP contribution in [0.3, 0.4) is 0 Å². The summed E-state index contributed by atoms with van der Waals surface area (Å²) in [5.41, 5.74) is -0.320. The fourth-order valence-electron chi connectivity index (χ4n) is 5.35. The Morgan fingerprint density at radius 1 is 1.16 bits per heavy atom. The molecule has 4 saturated carbocycles. The van der Waals surface area contributed by atoms with Crippen molar-refractivity contribution in [2.75, 3.05) is 13.6 Å². The predicted molar refractivity (Wildman–Crippen MR) is 74.9 cm³/mol. The van der Waals surface area contributed by atoms with Gasteiger partial charge in [0.2, 0.25) is 0 Å². The lowest BCUT2D eigenvalue weighted by molar-refractivity contribution is -0.151. The Bertz CT molecular complexity index is 353. The number of carboxylic acid groups (broad SMARTS) is 1. The maximum absolute atomic E-state index is 11.4. The van der Waals surface area contributed by atoms with Crippen LogP contribution in [0.4, 0.5) is 0 Å². The van der Waals surface area contributed by atoms with Gasteiger partial charge in [0.25, 0.3) is 0 Å². The van der Waals surface area contributed by atoms with E-state index in [2.05, 4.69) is 4.90 Å². The Hall–Kier alpha value is -0.570. The lowest BCUT2D eigenvalue weighted by Crippen LogP contribution is -2.56. The quantitative estimate of drug-likeness (QED) is 0.849. The van der Waals surface area contributed by atoms with Crippen LogP contribution in [0.15, 0.2) is 0 Å². The van der Waals surface area contributed by atoms with Gasteiger partial charge in [-0.15, -0.1) is 0 Å². The van der Waals surface area contributed by atoms with Crippen molar-refractivity contribution >= 4 is 5.97 Å². The van der Waals surface area contributed by atoms with Crippen LogP contribution in [-0.4, -0.2) is 35.1 Å². The van der Waals surface area contributed by atoms with Crippen LogP contribution in [0.2, 0.25) is 0 Å². The smallest absolute Gasteiger partial charge is 0.323 e. The number of hydrogen-bond donors (Lipinski definition) is 1. The molecular formula is C16H27NO2. The van der Waals surface area contributed by atoms with E-state index in [1.165, 1.54) is 38.5 Å². The minimum atomic E-state index is -0.747. The second kappa shape index (κ2) is 4.21. The van der Waals surface area contributed by atoms with Gasteiger partial charge in [0.15, 0.2) is 0 Å². The van der Waals surface area contributed by atoms with Crippen LogP contribution in [0, 0.1) is 23.2 Å². The zero-order valence-corrected chi connectivity index (χ0v) is 12.5. The highest BCUT2D eigenvalue weighted by Crippen LogP contribution is 2.60. The molecule has 19 heavy (non-hydrogen) atoms. The number of likely N-dealkylation sites (N-methyl/N-ethyl adjacent to an activating group) is 1. The first-order valence-corrected chi connectivity index (χ1v) is 7.75. The lowest BCUT2D eigenvalue weighted by atomic mass is 9.49. The predicted octanol–water partition coefficient (Wildman–Crippen LogP) is 3.00. The molecule has 0 saturated heterocycles. The molecule has 0 radical (unpaired) electrons. The summed E-state index contributed by atoms with van der Waals surface area (Å²) in [6.45, 7) is 4.63. The van der Waals surface area contributed by atoms with Gasteiger partial charge in [0, 0.05) is 6.54 Å². The summed E-state index contributed by atoms with van der Waals surface area (Å²) in [5.74, 6) is 2.10. The summed E-state index contributed by atoms with van der Waals surface area (Å²) >= 11 is 0. The number of carboxylic acids is 1. The van der Waals surface area contributed by atoms with Gasteiger partial charge < -0.3 is 5.11 Å². The highest BCUT2D eigenvalue weighted by molar-refractivity contribution is 5.77. The summed E-state index contributed by atoms with van der Waals surface area (Å²) in [5, 5.41) is 9.38. The molecule has 0 heterocycles. The number of nitrogens with zero attached hydrogens (tertiary/aromatic N) is 1. The van der Waals surface area contributed by atoms with Crippen LogP contribution >= 0.6 is 0 Å². The minimum absolute atomic E-state index is 0.427. The first-order valence-electron chi connectivity index (χ1n) is 7.75. The fraction of sp³-hybridized carbons (Fsp3) is 0.938. The van der Waals surface area contributed by atoms with Crippen LogP contribution < -0.4 is 0 Å². The molecule has 4 rings (SSSR count). The summed E-state index contributed by atoms with van der Waals surface area (Å²) < 4.78 is 0. The number of hydrogen-bond acceptors (Lipinski definition) is 2. The van der Waals surface area contributed by atoms with Crippen LogP contribution in [0.1, 0.15) is 52.4 Å². The molecule has 108 valence electrons. The molecule has 1 N–H and O–H groups in total. The molecule has 0 aliphatic heterocycles. The molecular weight excluding hydrogens is 238 g/mol. The van der Waals surface area contributed by atoms with Crippen molar-refractivity contribution in [2.45, 2.75) is 57.9 Å². The standard InChI is InChI=1S/C16H27NO2/c1-15(2,14(18)19)17(3)10-16-7-11-4-12(8-16)6-13(5-11)9-16/h11-13H,4-10H2,1-3H3,(H,18,19). The molecule has 0 aromatic rings. The first-order chi connectivity index (χ1) is 8.81. The molecule has 0 atom stereocenters. The van der Waals surface area contributed by atoms with Gasteiger partial charge in [-0.2, -0.15) is 0 Å². The maximum Gasteiger partial charge on any atom is 0.323 e. The van der Waals surface area contributed by atoms with Crippen molar-refractivity contribution in [1.82, 2.24) is 4.90 Å². The normalized spacial score (nSPS) is 40.9. The molecule has 0 amide bonds. The summed E-state index contributed by atoms with van der Waals surface area (Å²) in [6.07, 6.45) is 8.39. The molecule has 0 aromatic carbocycles. The highest BCUT2D eigenvalue weighted by Gasteiger charge is 2.52. The van der Waals surface area contributed by atoms with E-state index in [4.69, 9.17) is 0 Å². The molecule has 4 aliphatic carbocycles. The van der Waals surface area contributed by atoms with Gasteiger partial charge in [-0.05, 0) is 82.6 Å². The molecule has 0 aromatic heterocycles. The molecule has 4 bridgehead atoms. The third-order valence-electron chi connectivity index (χ3n) is 6.22. The monoisotopic (exact) mass is 265 g/mol. The van der Waals surface area contributed by atoms with Crippen molar-refractivity contribution in [2.24, 2.45) is 23.2 Å². The third kappa shape index (κ3) is 2.20. The Morgan fingerprint density at radius 3 is 1.95 bits per heavy atom. The van der Waals surface area contributed by atoms with Gasteiger partial charge >= 0.3 is 5.97 Å². The SMILES string of the molecule is CN(CC12CC3CC(CC(C3)C1)C2)C(C)(C)C(=O)O. The maximum atomic E-state index is 11.4. The Morgan fingerprint density at radius 2 is 1.58 bits per heavy atom. The number of carbonyl (C=O) groups is 1. The average Bonchev–Trinajstić information content (AvgIpc) is 2.25. The second-order valence-corrected chi connectivity index (χ2v) is 8.14. The Labute approximate surface area is 116 Å². The molecule has 4 fully saturated rings. The van der Waals surface area contributed by atoms with E-state index in [9.17, 15) is 9.90 Å². The van der Waals surface area contributed by atoms with E-state index in [-0.39, 0.29) is 0 Å². The summed E-state index contributed by atoms with van der Waals surface area (Å²) in [4.78, 5) is 13.5. The van der Waals surface area contributed by atoms with Crippen LogP contribution in [-0.2, 0) is 4.79 Å². The molecule has 4 aliphatic rings. The lowest BCUT2D eigenvalue weighted by Gasteiger charge is -2.58. The van der Waals surface area contributed by atoms with Gasteiger partial charge in [-0.1, -0.05) is 0 Å². The van der Waals surface area contributed by atoms with Crippen molar-refractivity contribution in [1.29, 1.82) is 0 Å². The number of aliphatic carboxylic acids is 1. The van der Waals surface area contributed by atoms with Gasteiger partial charge in [0.1, 0.15) is 5.54 Å². The van der Waals surface area contributed by atoms with Crippen LogP contribution in [0.25, 0.3) is 0 Å². The molecule has 3 heteroatoms. The molecule has 3 nitrogen and oxygen atoms in total. The van der Waals surface area contributed by atoms with Crippen molar-refractivity contribution < 1.29 is 9.90 Å². The second-order valence-electron chi connectivity index (χ2n) is 8.14. The Kier molecular flexibility index (Phi) is 2.97. The van der Waals surface area contributed by atoms with Crippen molar-refractivity contribution in [3.8, 4) is 0 Å². The van der Waals surface area contributed by atoms with Gasteiger partial charge in [-0.25, -0.2) is 0 Å². The van der Waals surface area contributed by atoms with Gasteiger partial charge in [-0.3, -0.25) is 9.69 Å². The molecule has 0 spiro atoms. The first kappa shape index (κ1) is 13.4. The summed E-state index contributed by atoms with van der Waals surface area (Å²) in [6, 6.07) is 0. The van der Waals surface area contributed by atoms with E-state index in [1.807, 2.05) is 20.9 Å². The van der Waals surface area contributed by atoms with Gasteiger partial charge in [0.05, 0.1) is 0 Å². The fourth-order valence-corrected chi connectivity index (χ4v) is 5.35. The zero-order chi connectivity index (χ0) is 13.8. The zero-order valence-electron chi connectivity index (χ0n) is 12.5. The largest absolute Gasteiger partial charge is 0.480 e. The van der Waals surface area contributed by atoms with E-state index < -0.39 is 11.5 Å². The Balaban J connectivity index is 1.74. The highest BCUT2D eigenvalue weighted by atomic mass is 16.4. The van der Waals surface area contributed by atoms with E-state index >= 15 is 0 Å².